The molecule has 4 nitrogen and oxygen atoms in total. The van der Waals surface area contributed by atoms with Crippen LogP contribution in [-0.2, 0) is 0 Å². The normalized spacial score (nSPS) is 16.7. The molecule has 2 aromatic rings. The minimum absolute atomic E-state index is 0.140. The van der Waals surface area contributed by atoms with Gasteiger partial charge in [-0.2, -0.15) is 0 Å². The molecule has 1 aromatic carbocycles. The van der Waals surface area contributed by atoms with Crippen molar-refractivity contribution in [3.05, 3.63) is 30.5 Å². The van der Waals surface area contributed by atoms with Crippen LogP contribution in [0.25, 0.3) is 10.9 Å². The van der Waals surface area contributed by atoms with E-state index in [1.165, 1.54) is 0 Å². The Hall–Kier alpha value is -1.81. The van der Waals surface area contributed by atoms with Gasteiger partial charge in [-0.15, -0.1) is 0 Å². The molecule has 0 amide bonds. The molecule has 2 heterocycles. The molecule has 1 aliphatic rings. The zero-order chi connectivity index (χ0) is 12.8. The van der Waals surface area contributed by atoms with Crippen molar-refractivity contribution in [2.24, 2.45) is 0 Å². The van der Waals surface area contributed by atoms with Crippen molar-refractivity contribution in [1.29, 1.82) is 0 Å². The number of nitrogens with zero attached hydrogens (tertiary/aromatic N) is 2. The van der Waals surface area contributed by atoms with Gasteiger partial charge >= 0.3 is 0 Å². The molecule has 0 unspecified atom stereocenters. The summed E-state index contributed by atoms with van der Waals surface area (Å²) in [6, 6.07) is 8.10. The molecule has 1 aliphatic heterocycles. The van der Waals surface area contributed by atoms with Gasteiger partial charge in [-0.1, -0.05) is 18.2 Å². The standard InChI is InChI=1S/C14H17N3O/c1-14(2)16-12-9-15-11-6-4-3-5-10(11)13(12)17(14)7-8-18/h3-6,9,16,18H,7-8H2,1-2H3. The van der Waals surface area contributed by atoms with Gasteiger partial charge in [0.25, 0.3) is 0 Å². The second-order valence-electron chi connectivity index (χ2n) is 5.10. The summed E-state index contributed by atoms with van der Waals surface area (Å²) in [5, 5.41) is 13.9. The van der Waals surface area contributed by atoms with E-state index < -0.39 is 0 Å². The number of para-hydroxylation sites is 1. The van der Waals surface area contributed by atoms with Gasteiger partial charge < -0.3 is 15.3 Å². The summed E-state index contributed by atoms with van der Waals surface area (Å²) in [5.41, 5.74) is 2.96. The van der Waals surface area contributed by atoms with Crippen molar-refractivity contribution < 1.29 is 5.11 Å². The predicted molar refractivity (Wildman–Crippen MR) is 73.9 cm³/mol. The van der Waals surface area contributed by atoms with Gasteiger partial charge in [0.15, 0.2) is 0 Å². The van der Waals surface area contributed by atoms with Gasteiger partial charge in [0.1, 0.15) is 5.66 Å². The number of aliphatic hydroxyl groups excluding tert-OH is 1. The number of pyridine rings is 1. The predicted octanol–water partition coefficient (Wildman–Crippen LogP) is 2.20. The molecule has 94 valence electrons. The number of hydrogen-bond donors (Lipinski definition) is 2. The zero-order valence-electron chi connectivity index (χ0n) is 10.6. The first-order chi connectivity index (χ1) is 8.63. The molecule has 0 saturated heterocycles. The lowest BCUT2D eigenvalue weighted by Gasteiger charge is -2.33. The van der Waals surface area contributed by atoms with Gasteiger partial charge in [0.05, 0.1) is 29.7 Å². The number of aromatic nitrogens is 1. The van der Waals surface area contributed by atoms with E-state index in [9.17, 15) is 5.11 Å². The first kappa shape index (κ1) is 11.3. The van der Waals surface area contributed by atoms with Crippen LogP contribution in [0.2, 0.25) is 0 Å². The first-order valence-corrected chi connectivity index (χ1v) is 6.18. The largest absolute Gasteiger partial charge is 0.395 e. The van der Waals surface area contributed by atoms with Crippen molar-refractivity contribution in [1.82, 2.24) is 4.98 Å². The van der Waals surface area contributed by atoms with Gasteiger partial charge in [-0.25, -0.2) is 0 Å². The molecule has 0 atom stereocenters. The van der Waals surface area contributed by atoms with Gasteiger partial charge in [0, 0.05) is 11.9 Å². The highest BCUT2D eigenvalue weighted by atomic mass is 16.3. The van der Waals surface area contributed by atoms with E-state index in [1.54, 1.807) is 0 Å². The lowest BCUT2D eigenvalue weighted by molar-refractivity contribution is 0.294. The molecule has 0 bridgehead atoms. The SMILES string of the molecule is CC1(C)Nc2cnc3ccccc3c2N1CCO. The fourth-order valence-corrected chi connectivity index (χ4v) is 2.68. The number of fused-ring (bicyclic) bond motifs is 3. The van der Waals surface area contributed by atoms with Gasteiger partial charge in [-0.3, -0.25) is 4.98 Å². The number of hydrogen-bond acceptors (Lipinski definition) is 4. The molecule has 0 spiro atoms. The Morgan fingerprint density at radius 2 is 2.11 bits per heavy atom. The summed E-state index contributed by atoms with van der Waals surface area (Å²) >= 11 is 0. The quantitative estimate of drug-likeness (QED) is 0.849. The highest BCUT2D eigenvalue weighted by molar-refractivity contribution is 6.00. The summed E-state index contributed by atoms with van der Waals surface area (Å²) in [5.74, 6) is 0. The van der Waals surface area contributed by atoms with Gasteiger partial charge in [0.2, 0.25) is 0 Å². The summed E-state index contributed by atoms with van der Waals surface area (Å²) in [4.78, 5) is 6.66. The topological polar surface area (TPSA) is 48.4 Å². The van der Waals surface area contributed by atoms with Crippen LogP contribution in [0.5, 0.6) is 0 Å². The Morgan fingerprint density at radius 3 is 2.89 bits per heavy atom. The smallest absolute Gasteiger partial charge is 0.105 e. The van der Waals surface area contributed by atoms with Crippen LogP contribution in [0.4, 0.5) is 11.4 Å². The van der Waals surface area contributed by atoms with Crippen molar-refractivity contribution in [3.63, 3.8) is 0 Å². The van der Waals surface area contributed by atoms with E-state index >= 15 is 0 Å². The zero-order valence-corrected chi connectivity index (χ0v) is 10.6. The molecule has 0 saturated carbocycles. The fourth-order valence-electron chi connectivity index (χ4n) is 2.68. The average molecular weight is 243 g/mol. The number of benzene rings is 1. The molecule has 3 rings (SSSR count). The number of aliphatic hydroxyl groups is 1. The summed E-state index contributed by atoms with van der Waals surface area (Å²) in [7, 11) is 0. The third-order valence-electron chi connectivity index (χ3n) is 3.46. The fraction of sp³-hybridized carbons (Fsp3) is 0.357. The summed E-state index contributed by atoms with van der Waals surface area (Å²) in [6.45, 7) is 4.97. The second-order valence-corrected chi connectivity index (χ2v) is 5.10. The highest BCUT2D eigenvalue weighted by Gasteiger charge is 2.36. The Kier molecular flexibility index (Phi) is 2.41. The highest BCUT2D eigenvalue weighted by Crippen LogP contribution is 2.43. The molecular weight excluding hydrogens is 226 g/mol. The lowest BCUT2D eigenvalue weighted by atomic mass is 10.1. The van der Waals surface area contributed by atoms with Crippen LogP contribution in [0.15, 0.2) is 30.5 Å². The third-order valence-corrected chi connectivity index (χ3v) is 3.46. The lowest BCUT2D eigenvalue weighted by Crippen LogP contribution is -2.46. The molecular formula is C14H17N3O. The molecule has 4 heteroatoms. The van der Waals surface area contributed by atoms with Crippen molar-refractivity contribution >= 4 is 22.3 Å². The van der Waals surface area contributed by atoms with Crippen molar-refractivity contribution in [2.45, 2.75) is 19.5 Å². The van der Waals surface area contributed by atoms with E-state index in [1.807, 2.05) is 24.4 Å². The van der Waals surface area contributed by atoms with Crippen LogP contribution in [0.3, 0.4) is 0 Å². The van der Waals surface area contributed by atoms with E-state index in [2.05, 4.69) is 35.1 Å². The van der Waals surface area contributed by atoms with Crippen LogP contribution >= 0.6 is 0 Å². The van der Waals surface area contributed by atoms with Crippen LogP contribution in [0.1, 0.15) is 13.8 Å². The van der Waals surface area contributed by atoms with Crippen molar-refractivity contribution in [3.8, 4) is 0 Å². The summed E-state index contributed by atoms with van der Waals surface area (Å²) < 4.78 is 0. The number of nitrogens with one attached hydrogen (secondary N) is 1. The van der Waals surface area contributed by atoms with Crippen LogP contribution in [-0.4, -0.2) is 28.9 Å². The monoisotopic (exact) mass is 243 g/mol. The second kappa shape index (κ2) is 3.85. The van der Waals surface area contributed by atoms with Crippen molar-refractivity contribution in [2.75, 3.05) is 23.4 Å². The van der Waals surface area contributed by atoms with E-state index in [0.29, 0.717) is 6.54 Å². The Bertz CT molecular complexity index is 595. The van der Waals surface area contributed by atoms with E-state index in [0.717, 1.165) is 22.3 Å². The molecule has 0 fully saturated rings. The maximum atomic E-state index is 9.27. The minimum atomic E-state index is -0.198. The Labute approximate surface area is 106 Å². The Balaban J connectivity index is 2.24. The Morgan fingerprint density at radius 1 is 1.33 bits per heavy atom. The molecule has 18 heavy (non-hydrogen) atoms. The maximum absolute atomic E-state index is 9.27. The first-order valence-electron chi connectivity index (χ1n) is 6.18. The maximum Gasteiger partial charge on any atom is 0.105 e. The molecule has 0 aliphatic carbocycles. The minimum Gasteiger partial charge on any atom is -0.395 e. The number of anilines is 2. The molecule has 1 aromatic heterocycles. The van der Waals surface area contributed by atoms with Gasteiger partial charge in [-0.05, 0) is 19.9 Å². The van der Waals surface area contributed by atoms with Crippen LogP contribution < -0.4 is 10.2 Å². The van der Waals surface area contributed by atoms with Crippen LogP contribution in [0, 0.1) is 0 Å². The number of rotatable bonds is 2. The number of β-amino-alcohol motifs (C(OH)–C–C–N with tert-alkyl or cyclic N) is 1. The van der Waals surface area contributed by atoms with E-state index in [-0.39, 0.29) is 12.3 Å². The summed E-state index contributed by atoms with van der Waals surface area (Å²) in [6.07, 6.45) is 1.87. The molecule has 0 radical (unpaired) electrons. The van der Waals surface area contributed by atoms with E-state index in [4.69, 9.17) is 0 Å². The third kappa shape index (κ3) is 1.53. The molecule has 2 N–H and O–H groups in total. The average Bonchev–Trinajstić information content (AvgIpc) is 2.61.